The van der Waals surface area contributed by atoms with Gasteiger partial charge in [-0.1, -0.05) is 11.6 Å². The lowest BCUT2D eigenvalue weighted by atomic mass is 10.2. The number of carbonyl (C=O) groups is 2. The van der Waals surface area contributed by atoms with Crippen molar-refractivity contribution in [3.8, 4) is 0 Å². The van der Waals surface area contributed by atoms with E-state index in [2.05, 4.69) is 5.32 Å². The molecule has 0 fully saturated rings. The van der Waals surface area contributed by atoms with Gasteiger partial charge in [-0.05, 0) is 30.3 Å². The summed E-state index contributed by atoms with van der Waals surface area (Å²) in [6.07, 6.45) is 0. The second-order valence-corrected chi connectivity index (χ2v) is 6.74. The Kier molecular flexibility index (Phi) is 5.33. The van der Waals surface area contributed by atoms with Gasteiger partial charge >= 0.3 is 5.97 Å². The number of nitrogens with zero attached hydrogens (tertiary/aromatic N) is 1. The van der Waals surface area contributed by atoms with E-state index in [1.165, 1.54) is 42.5 Å². The first-order valence-corrected chi connectivity index (χ1v) is 8.63. The third-order valence-corrected chi connectivity index (χ3v) is 5.11. The molecule has 3 rings (SSSR count). The summed E-state index contributed by atoms with van der Waals surface area (Å²) in [6, 6.07) is 9.12. The molecule has 0 spiro atoms. The number of thiophene rings is 1. The summed E-state index contributed by atoms with van der Waals surface area (Å²) >= 11 is 7.09. The predicted octanol–water partition coefficient (Wildman–Crippen LogP) is 4.40. The second-order valence-electron chi connectivity index (χ2n) is 5.31. The summed E-state index contributed by atoms with van der Waals surface area (Å²) < 4.78 is 18.7. The molecule has 2 aromatic carbocycles. The monoisotopic (exact) mass is 408 g/mol. The van der Waals surface area contributed by atoms with Gasteiger partial charge in [-0.2, -0.15) is 0 Å². The van der Waals surface area contributed by atoms with E-state index in [-0.39, 0.29) is 15.6 Å². The van der Waals surface area contributed by atoms with E-state index in [4.69, 9.17) is 16.3 Å². The summed E-state index contributed by atoms with van der Waals surface area (Å²) in [6.45, 7) is -0.575. The number of amides is 1. The highest BCUT2D eigenvalue weighted by Gasteiger charge is 2.20. The fourth-order valence-electron chi connectivity index (χ4n) is 2.23. The highest BCUT2D eigenvalue weighted by Crippen LogP contribution is 2.36. The van der Waals surface area contributed by atoms with Gasteiger partial charge in [0, 0.05) is 27.9 Å². The number of anilines is 1. The predicted molar refractivity (Wildman–Crippen MR) is 98.8 cm³/mol. The van der Waals surface area contributed by atoms with Crippen LogP contribution in [0, 0.1) is 15.9 Å². The summed E-state index contributed by atoms with van der Waals surface area (Å²) in [4.78, 5) is 34.1. The topological polar surface area (TPSA) is 98.5 Å². The number of hydrogen-bond donors (Lipinski definition) is 1. The molecule has 0 unspecified atom stereocenters. The van der Waals surface area contributed by atoms with Gasteiger partial charge in [0.1, 0.15) is 10.7 Å². The summed E-state index contributed by atoms with van der Waals surface area (Å²) in [5.74, 6) is -1.89. The van der Waals surface area contributed by atoms with Crippen LogP contribution < -0.4 is 5.32 Å². The summed E-state index contributed by atoms with van der Waals surface area (Å²) in [5.41, 5.74) is 0.201. The van der Waals surface area contributed by atoms with Gasteiger partial charge in [0.25, 0.3) is 11.6 Å². The molecule has 1 aromatic heterocycles. The number of benzene rings is 2. The number of nitro groups is 1. The lowest BCUT2D eigenvalue weighted by Gasteiger charge is -2.06. The zero-order chi connectivity index (χ0) is 19.6. The van der Waals surface area contributed by atoms with Crippen LogP contribution in [0.25, 0.3) is 10.1 Å². The Morgan fingerprint density at radius 2 is 1.93 bits per heavy atom. The minimum absolute atomic E-state index is 0.0698. The molecule has 1 heterocycles. The molecule has 0 saturated carbocycles. The number of hydrogen-bond acceptors (Lipinski definition) is 6. The molecule has 27 heavy (non-hydrogen) atoms. The third kappa shape index (κ3) is 4.21. The molecule has 0 radical (unpaired) electrons. The fraction of sp³-hybridized carbons (Fsp3) is 0.0588. The van der Waals surface area contributed by atoms with Crippen molar-refractivity contribution < 1.29 is 23.6 Å². The molecular weight excluding hydrogens is 399 g/mol. The molecule has 1 amide bonds. The smallest absolute Gasteiger partial charge is 0.350 e. The van der Waals surface area contributed by atoms with Gasteiger partial charge < -0.3 is 10.1 Å². The Bertz CT molecular complexity index is 1050. The summed E-state index contributed by atoms with van der Waals surface area (Å²) in [5, 5.41) is 13.7. The number of nitrogens with one attached hydrogen (secondary N) is 1. The zero-order valence-electron chi connectivity index (χ0n) is 13.4. The number of fused-ring (bicyclic) bond motifs is 1. The van der Waals surface area contributed by atoms with Gasteiger partial charge in [-0.25, -0.2) is 9.18 Å². The van der Waals surface area contributed by atoms with E-state index in [9.17, 15) is 24.1 Å². The number of halogens is 2. The van der Waals surface area contributed by atoms with Crippen molar-refractivity contribution >= 4 is 56.3 Å². The van der Waals surface area contributed by atoms with Crippen LogP contribution in [0.4, 0.5) is 15.8 Å². The molecule has 1 N–H and O–H groups in total. The molecule has 138 valence electrons. The maximum Gasteiger partial charge on any atom is 0.350 e. The Morgan fingerprint density at radius 1 is 1.22 bits per heavy atom. The molecule has 3 aromatic rings. The van der Waals surface area contributed by atoms with Crippen LogP contribution in [-0.2, 0) is 9.53 Å². The van der Waals surface area contributed by atoms with Crippen LogP contribution in [0.3, 0.4) is 0 Å². The van der Waals surface area contributed by atoms with Crippen molar-refractivity contribution in [1.82, 2.24) is 0 Å². The first-order valence-electron chi connectivity index (χ1n) is 7.44. The van der Waals surface area contributed by atoms with E-state index < -0.39 is 29.2 Å². The molecule has 0 saturated heterocycles. The Hall–Kier alpha value is -3.04. The maximum absolute atomic E-state index is 13.3. The number of rotatable bonds is 5. The lowest BCUT2D eigenvalue weighted by Crippen LogP contribution is -2.20. The molecule has 0 aliphatic rings. The summed E-state index contributed by atoms with van der Waals surface area (Å²) in [7, 11) is 0. The molecule has 7 nitrogen and oxygen atoms in total. The fourth-order valence-corrected chi connectivity index (χ4v) is 3.66. The van der Waals surface area contributed by atoms with E-state index >= 15 is 0 Å². The number of carbonyl (C=O) groups excluding carboxylic acids is 2. The lowest BCUT2D eigenvalue weighted by molar-refractivity contribution is -0.384. The first kappa shape index (κ1) is 18.7. The van der Waals surface area contributed by atoms with Crippen molar-refractivity contribution in [2.75, 3.05) is 11.9 Å². The highest BCUT2D eigenvalue weighted by atomic mass is 35.5. The number of esters is 1. The van der Waals surface area contributed by atoms with Gasteiger partial charge in [-0.3, -0.25) is 14.9 Å². The van der Waals surface area contributed by atoms with E-state index in [0.717, 1.165) is 11.3 Å². The molecule has 10 heteroatoms. The Balaban J connectivity index is 1.62. The third-order valence-electron chi connectivity index (χ3n) is 3.47. The normalized spacial score (nSPS) is 10.6. The largest absolute Gasteiger partial charge is 0.451 e. The Morgan fingerprint density at radius 3 is 2.59 bits per heavy atom. The van der Waals surface area contributed by atoms with E-state index in [1.807, 2.05) is 0 Å². The van der Waals surface area contributed by atoms with E-state index in [1.54, 1.807) is 0 Å². The minimum Gasteiger partial charge on any atom is -0.451 e. The van der Waals surface area contributed by atoms with Gasteiger partial charge in [0.05, 0.1) is 9.95 Å². The van der Waals surface area contributed by atoms with Crippen LogP contribution >= 0.6 is 22.9 Å². The number of nitro benzene ring substituents is 1. The van der Waals surface area contributed by atoms with Gasteiger partial charge in [0.15, 0.2) is 6.61 Å². The van der Waals surface area contributed by atoms with Crippen LogP contribution in [0.15, 0.2) is 42.5 Å². The maximum atomic E-state index is 13.3. The standard InChI is InChI=1S/C17H10ClFN2O5S/c18-15-12-6-1-9(19)7-13(12)27-16(15)17(23)26-8-14(22)20-10-2-4-11(5-3-10)21(24)25/h1-7H,8H2,(H,20,22). The first-order chi connectivity index (χ1) is 12.8. The average molecular weight is 409 g/mol. The SMILES string of the molecule is O=C(COC(=O)c1sc2cc(F)ccc2c1Cl)Nc1ccc([N+](=O)[O-])cc1. The van der Waals surface area contributed by atoms with Crippen molar-refractivity contribution in [2.24, 2.45) is 0 Å². The van der Waals surface area contributed by atoms with Crippen LogP contribution in [0.5, 0.6) is 0 Å². The van der Waals surface area contributed by atoms with Crippen molar-refractivity contribution in [2.45, 2.75) is 0 Å². The number of non-ortho nitro benzene ring substituents is 1. The van der Waals surface area contributed by atoms with Crippen molar-refractivity contribution in [3.05, 3.63) is 68.3 Å². The van der Waals surface area contributed by atoms with Crippen molar-refractivity contribution in [3.63, 3.8) is 0 Å². The molecular formula is C17H10ClFN2O5S. The Labute approximate surface area is 160 Å². The van der Waals surface area contributed by atoms with Gasteiger partial charge in [-0.15, -0.1) is 11.3 Å². The molecule has 0 atom stereocenters. The quantitative estimate of drug-likeness (QED) is 0.383. The van der Waals surface area contributed by atoms with Crippen LogP contribution in [0.1, 0.15) is 9.67 Å². The van der Waals surface area contributed by atoms with Crippen LogP contribution in [-0.4, -0.2) is 23.4 Å². The highest BCUT2D eigenvalue weighted by molar-refractivity contribution is 7.21. The van der Waals surface area contributed by atoms with Crippen molar-refractivity contribution in [1.29, 1.82) is 0 Å². The van der Waals surface area contributed by atoms with Gasteiger partial charge in [0.2, 0.25) is 0 Å². The zero-order valence-corrected chi connectivity index (χ0v) is 15.0. The van der Waals surface area contributed by atoms with Crippen LogP contribution in [0.2, 0.25) is 5.02 Å². The second kappa shape index (κ2) is 7.68. The average Bonchev–Trinajstić information content (AvgIpc) is 2.96. The van der Waals surface area contributed by atoms with E-state index in [0.29, 0.717) is 15.8 Å². The molecule has 0 aliphatic carbocycles. The molecule has 0 aliphatic heterocycles. The molecule has 0 bridgehead atoms. The minimum atomic E-state index is -0.805. The number of ether oxygens (including phenoxy) is 1.